The van der Waals surface area contributed by atoms with Crippen molar-refractivity contribution in [3.8, 4) is 5.75 Å². The summed E-state index contributed by atoms with van der Waals surface area (Å²) >= 11 is 1.59. The zero-order valence-corrected chi connectivity index (χ0v) is 16.5. The highest BCUT2D eigenvalue weighted by Crippen LogP contribution is 2.16. The fourth-order valence-corrected chi connectivity index (χ4v) is 3.41. The van der Waals surface area contributed by atoms with Crippen molar-refractivity contribution in [2.45, 2.75) is 39.3 Å². The topological polar surface area (TPSA) is 51.2 Å². The molecule has 1 unspecified atom stereocenters. The maximum absolute atomic E-state index is 12.4. The van der Waals surface area contributed by atoms with Crippen molar-refractivity contribution < 1.29 is 9.53 Å². The number of nitrogens with zero attached hydrogens (tertiary/aromatic N) is 1. The van der Waals surface area contributed by atoms with Crippen LogP contribution >= 0.6 is 11.3 Å². The molecule has 0 aliphatic heterocycles. The molecule has 140 valence electrons. The minimum atomic E-state index is -0.0577. The Bertz CT molecular complexity index is 860. The summed E-state index contributed by atoms with van der Waals surface area (Å²) in [6, 6.07) is 17.7. The first-order valence-corrected chi connectivity index (χ1v) is 9.97. The largest absolute Gasteiger partial charge is 0.486 e. The molecule has 1 atom stereocenters. The Morgan fingerprint density at radius 3 is 2.56 bits per heavy atom. The fourth-order valence-electron chi connectivity index (χ4n) is 2.72. The van der Waals surface area contributed by atoms with Gasteiger partial charge in [0.2, 0.25) is 0 Å². The van der Waals surface area contributed by atoms with Crippen molar-refractivity contribution >= 4 is 17.2 Å². The quantitative estimate of drug-likeness (QED) is 0.612. The van der Waals surface area contributed by atoms with Crippen molar-refractivity contribution in [3.63, 3.8) is 0 Å². The lowest BCUT2D eigenvalue weighted by Crippen LogP contribution is -2.32. The number of nitrogens with one attached hydrogen (secondary N) is 1. The minimum Gasteiger partial charge on any atom is -0.486 e. The van der Waals surface area contributed by atoms with E-state index in [4.69, 9.17) is 4.74 Å². The van der Waals surface area contributed by atoms with Gasteiger partial charge in [-0.2, -0.15) is 0 Å². The van der Waals surface area contributed by atoms with Crippen LogP contribution in [0.15, 0.2) is 60.0 Å². The number of rotatable bonds is 8. The summed E-state index contributed by atoms with van der Waals surface area (Å²) in [6.45, 7) is 4.45. The standard InChI is InChI=1S/C22H24N2O2S/c1-16(8-9-18-6-4-3-5-7-18)24-22(25)19-10-12-20(13-11-19)26-14-21-23-17(2)15-27-21/h3-7,10-13,15-16H,8-9,14H2,1-2H3,(H,24,25). The Morgan fingerprint density at radius 1 is 1.15 bits per heavy atom. The molecule has 0 fully saturated rings. The van der Waals surface area contributed by atoms with Gasteiger partial charge in [-0.05, 0) is 56.5 Å². The maximum atomic E-state index is 12.4. The molecule has 1 amide bonds. The van der Waals surface area contributed by atoms with Crippen molar-refractivity contribution in [1.82, 2.24) is 10.3 Å². The van der Waals surface area contributed by atoms with Gasteiger partial charge in [-0.25, -0.2) is 4.98 Å². The van der Waals surface area contributed by atoms with Crippen molar-refractivity contribution in [2.24, 2.45) is 0 Å². The first-order valence-electron chi connectivity index (χ1n) is 9.09. The number of carbonyl (C=O) groups is 1. The van der Waals surface area contributed by atoms with Crippen LogP contribution in [0.5, 0.6) is 5.75 Å². The van der Waals surface area contributed by atoms with Gasteiger partial charge in [0.25, 0.3) is 5.91 Å². The molecule has 0 saturated heterocycles. The van der Waals surface area contributed by atoms with Crippen molar-refractivity contribution in [1.29, 1.82) is 0 Å². The molecule has 1 aromatic heterocycles. The second-order valence-electron chi connectivity index (χ2n) is 6.59. The maximum Gasteiger partial charge on any atom is 0.251 e. The molecule has 27 heavy (non-hydrogen) atoms. The average Bonchev–Trinajstić information content (AvgIpc) is 3.11. The minimum absolute atomic E-state index is 0.0577. The number of aromatic nitrogens is 1. The van der Waals surface area contributed by atoms with E-state index in [-0.39, 0.29) is 11.9 Å². The SMILES string of the molecule is Cc1csc(COc2ccc(C(=O)NC(C)CCc3ccccc3)cc2)n1. The van der Waals surface area contributed by atoms with E-state index in [1.807, 2.05) is 49.6 Å². The molecule has 0 spiro atoms. The molecule has 1 N–H and O–H groups in total. The van der Waals surface area contributed by atoms with Crippen LogP contribution in [0.1, 0.15) is 40.0 Å². The van der Waals surface area contributed by atoms with Crippen LogP contribution in [0.3, 0.4) is 0 Å². The highest BCUT2D eigenvalue weighted by atomic mass is 32.1. The molecule has 5 heteroatoms. The molecule has 0 aliphatic rings. The molecule has 4 nitrogen and oxygen atoms in total. The van der Waals surface area contributed by atoms with Gasteiger partial charge < -0.3 is 10.1 Å². The summed E-state index contributed by atoms with van der Waals surface area (Å²) < 4.78 is 5.72. The number of benzene rings is 2. The number of ether oxygens (including phenoxy) is 1. The molecule has 3 aromatic rings. The number of carbonyl (C=O) groups excluding carboxylic acids is 1. The summed E-state index contributed by atoms with van der Waals surface area (Å²) in [5.41, 5.74) is 2.93. The van der Waals surface area contributed by atoms with Crippen LogP contribution in [0.2, 0.25) is 0 Å². The molecular weight excluding hydrogens is 356 g/mol. The van der Waals surface area contributed by atoms with E-state index in [2.05, 4.69) is 22.4 Å². The predicted molar refractivity (Wildman–Crippen MR) is 109 cm³/mol. The van der Waals surface area contributed by atoms with Gasteiger partial charge in [-0.15, -0.1) is 11.3 Å². The monoisotopic (exact) mass is 380 g/mol. The van der Waals surface area contributed by atoms with Gasteiger partial charge in [-0.3, -0.25) is 4.79 Å². The van der Waals surface area contributed by atoms with Crippen LogP contribution in [0.4, 0.5) is 0 Å². The van der Waals surface area contributed by atoms with Gasteiger partial charge >= 0.3 is 0 Å². The van der Waals surface area contributed by atoms with Crippen molar-refractivity contribution in [3.05, 3.63) is 81.8 Å². The molecule has 2 aromatic carbocycles. The lowest BCUT2D eigenvalue weighted by atomic mass is 10.1. The number of aryl methyl sites for hydroxylation is 2. The van der Waals surface area contributed by atoms with E-state index in [0.717, 1.165) is 29.3 Å². The molecular formula is C22H24N2O2S. The smallest absolute Gasteiger partial charge is 0.251 e. The number of hydrogen-bond donors (Lipinski definition) is 1. The number of thiazole rings is 1. The third-order valence-electron chi connectivity index (χ3n) is 4.23. The molecule has 0 bridgehead atoms. The molecule has 0 saturated carbocycles. The third-order valence-corrected chi connectivity index (χ3v) is 5.17. The lowest BCUT2D eigenvalue weighted by molar-refractivity contribution is 0.0938. The van der Waals surface area contributed by atoms with Crippen LogP contribution in [-0.2, 0) is 13.0 Å². The Balaban J connectivity index is 1.46. The van der Waals surface area contributed by atoms with Crippen LogP contribution in [0.25, 0.3) is 0 Å². The molecule has 0 aliphatic carbocycles. The second-order valence-corrected chi connectivity index (χ2v) is 7.54. The Labute approximate surface area is 164 Å². The highest BCUT2D eigenvalue weighted by molar-refractivity contribution is 7.09. The van der Waals surface area contributed by atoms with Crippen molar-refractivity contribution in [2.75, 3.05) is 0 Å². The van der Waals surface area contributed by atoms with Gasteiger partial charge in [0.05, 0.1) is 0 Å². The average molecular weight is 381 g/mol. The molecule has 0 radical (unpaired) electrons. The number of hydrogen-bond acceptors (Lipinski definition) is 4. The molecule has 3 rings (SSSR count). The summed E-state index contributed by atoms with van der Waals surface area (Å²) in [5.74, 6) is 0.675. The van der Waals surface area contributed by atoms with Crippen LogP contribution in [0, 0.1) is 6.92 Å². The highest BCUT2D eigenvalue weighted by Gasteiger charge is 2.10. The molecule has 1 heterocycles. The van der Waals surface area contributed by atoms with E-state index < -0.39 is 0 Å². The van der Waals surface area contributed by atoms with Crippen LogP contribution in [-0.4, -0.2) is 16.9 Å². The summed E-state index contributed by atoms with van der Waals surface area (Å²) in [6.07, 6.45) is 1.86. The predicted octanol–water partition coefficient (Wildman–Crippen LogP) is 4.78. The van der Waals surface area contributed by atoms with E-state index in [9.17, 15) is 4.79 Å². The Kier molecular flexibility index (Phi) is 6.60. The second kappa shape index (κ2) is 9.33. The number of amides is 1. The third kappa shape index (κ3) is 5.93. The zero-order valence-electron chi connectivity index (χ0n) is 15.6. The van der Waals surface area contributed by atoms with Gasteiger partial charge in [0.1, 0.15) is 17.4 Å². The van der Waals surface area contributed by atoms with Gasteiger partial charge in [0, 0.05) is 22.7 Å². The lowest BCUT2D eigenvalue weighted by Gasteiger charge is -2.14. The van der Waals surface area contributed by atoms with E-state index in [0.29, 0.717) is 12.2 Å². The zero-order chi connectivity index (χ0) is 19.1. The fraction of sp³-hybridized carbons (Fsp3) is 0.273. The van der Waals surface area contributed by atoms with E-state index >= 15 is 0 Å². The summed E-state index contributed by atoms with van der Waals surface area (Å²) in [5, 5.41) is 6.01. The Morgan fingerprint density at radius 2 is 1.89 bits per heavy atom. The van der Waals surface area contributed by atoms with E-state index in [1.165, 1.54) is 5.56 Å². The Hall–Kier alpha value is -2.66. The summed E-state index contributed by atoms with van der Waals surface area (Å²) in [4.78, 5) is 16.8. The first kappa shape index (κ1) is 19.1. The van der Waals surface area contributed by atoms with E-state index in [1.54, 1.807) is 23.5 Å². The summed E-state index contributed by atoms with van der Waals surface area (Å²) in [7, 11) is 0. The van der Waals surface area contributed by atoms with Crippen LogP contribution < -0.4 is 10.1 Å². The normalized spacial score (nSPS) is 11.8. The van der Waals surface area contributed by atoms with Gasteiger partial charge in [0.15, 0.2) is 0 Å². The van der Waals surface area contributed by atoms with Gasteiger partial charge in [-0.1, -0.05) is 30.3 Å². The first-order chi connectivity index (χ1) is 13.1.